The van der Waals surface area contributed by atoms with Gasteiger partial charge in [0.2, 0.25) is 5.89 Å². The van der Waals surface area contributed by atoms with Crippen molar-refractivity contribution in [1.82, 2.24) is 24.8 Å². The van der Waals surface area contributed by atoms with Crippen LogP contribution in [0.3, 0.4) is 0 Å². The summed E-state index contributed by atoms with van der Waals surface area (Å²) in [6.07, 6.45) is 8.72. The average molecular weight is 399 g/mol. The largest absolute Gasteiger partial charge is 0.375 e. The van der Waals surface area contributed by atoms with Gasteiger partial charge in [-0.15, -0.1) is 0 Å². The van der Waals surface area contributed by atoms with Gasteiger partial charge < -0.3 is 14.2 Å². The van der Waals surface area contributed by atoms with Crippen molar-refractivity contribution in [2.75, 3.05) is 19.7 Å². The Bertz CT molecular complexity index is 863. The molecule has 2 aliphatic heterocycles. The van der Waals surface area contributed by atoms with Gasteiger partial charge in [-0.25, -0.2) is 0 Å². The standard InChI is InChI=1S/C21H29N5O3/c1-2-26-17(5-9-22-26)20(27)25-10-7-21(8-11-25)14-15(6-12-28-21)13-18-23-19(29-24-18)16-3-4-16/h5,9,15-16H,2-4,6-8,10-14H2,1H3. The summed E-state index contributed by atoms with van der Waals surface area (Å²) in [6.45, 7) is 4.94. The number of nitrogens with zero attached hydrogens (tertiary/aromatic N) is 5. The van der Waals surface area contributed by atoms with E-state index < -0.39 is 0 Å². The molecular weight excluding hydrogens is 370 g/mol. The molecule has 156 valence electrons. The summed E-state index contributed by atoms with van der Waals surface area (Å²) >= 11 is 0. The molecule has 4 heterocycles. The molecule has 1 aliphatic carbocycles. The third-order valence-corrected chi connectivity index (χ3v) is 6.67. The zero-order chi connectivity index (χ0) is 19.8. The number of likely N-dealkylation sites (tertiary alicyclic amines) is 1. The van der Waals surface area contributed by atoms with E-state index in [4.69, 9.17) is 9.26 Å². The van der Waals surface area contributed by atoms with Gasteiger partial charge in [0.25, 0.3) is 5.91 Å². The Kier molecular flexibility index (Phi) is 4.89. The fourth-order valence-corrected chi connectivity index (χ4v) is 4.80. The van der Waals surface area contributed by atoms with Crippen LogP contribution in [0.1, 0.15) is 73.6 Å². The molecule has 0 bridgehead atoms. The van der Waals surface area contributed by atoms with Crippen LogP contribution in [0.2, 0.25) is 0 Å². The lowest BCUT2D eigenvalue weighted by atomic mass is 9.78. The monoisotopic (exact) mass is 399 g/mol. The Labute approximate surface area is 170 Å². The van der Waals surface area contributed by atoms with Gasteiger partial charge in [-0.2, -0.15) is 10.1 Å². The summed E-state index contributed by atoms with van der Waals surface area (Å²) in [5, 5.41) is 8.42. The van der Waals surface area contributed by atoms with Crippen molar-refractivity contribution in [2.24, 2.45) is 5.92 Å². The van der Waals surface area contributed by atoms with E-state index in [2.05, 4.69) is 15.2 Å². The second kappa shape index (κ2) is 7.55. The van der Waals surface area contributed by atoms with Crippen LogP contribution in [0.5, 0.6) is 0 Å². The highest BCUT2D eigenvalue weighted by Crippen LogP contribution is 2.40. The molecule has 1 unspecified atom stereocenters. The molecule has 2 aromatic heterocycles. The number of hydrogen-bond acceptors (Lipinski definition) is 6. The van der Waals surface area contributed by atoms with Gasteiger partial charge in [0.05, 0.1) is 5.60 Å². The van der Waals surface area contributed by atoms with E-state index in [9.17, 15) is 4.79 Å². The Balaban J connectivity index is 1.19. The summed E-state index contributed by atoms with van der Waals surface area (Å²) in [7, 11) is 0. The lowest BCUT2D eigenvalue weighted by molar-refractivity contribution is -0.123. The van der Waals surface area contributed by atoms with Gasteiger partial charge in [-0.3, -0.25) is 9.48 Å². The van der Waals surface area contributed by atoms with Crippen LogP contribution in [0.4, 0.5) is 0 Å². The van der Waals surface area contributed by atoms with E-state index in [0.29, 0.717) is 24.1 Å². The van der Waals surface area contributed by atoms with Crippen molar-refractivity contribution in [3.05, 3.63) is 29.7 Å². The maximum Gasteiger partial charge on any atom is 0.272 e. The highest BCUT2D eigenvalue weighted by Gasteiger charge is 2.42. The highest BCUT2D eigenvalue weighted by atomic mass is 16.5. The zero-order valence-corrected chi connectivity index (χ0v) is 17.0. The lowest BCUT2D eigenvalue weighted by Gasteiger charge is -2.46. The van der Waals surface area contributed by atoms with Crippen LogP contribution in [-0.4, -0.2) is 56.0 Å². The van der Waals surface area contributed by atoms with Crippen LogP contribution >= 0.6 is 0 Å². The summed E-state index contributed by atoms with van der Waals surface area (Å²) in [6, 6.07) is 1.81. The smallest absolute Gasteiger partial charge is 0.272 e. The van der Waals surface area contributed by atoms with Crippen LogP contribution in [0, 0.1) is 5.92 Å². The predicted octanol–water partition coefficient (Wildman–Crippen LogP) is 2.81. The number of piperidine rings is 1. The minimum atomic E-state index is -0.117. The second-order valence-corrected chi connectivity index (χ2v) is 8.74. The SMILES string of the molecule is CCn1nccc1C(=O)N1CCC2(CC1)CC(Cc1noc(C3CC3)n1)CCO2. The molecule has 1 saturated carbocycles. The quantitative estimate of drug-likeness (QED) is 0.768. The summed E-state index contributed by atoms with van der Waals surface area (Å²) < 4.78 is 13.5. The van der Waals surface area contributed by atoms with E-state index >= 15 is 0 Å². The molecule has 1 spiro atoms. The molecule has 1 atom stereocenters. The first-order chi connectivity index (χ1) is 14.2. The number of carbonyl (C=O) groups excluding carboxylic acids is 1. The van der Waals surface area contributed by atoms with Gasteiger partial charge in [-0.05, 0) is 57.4 Å². The van der Waals surface area contributed by atoms with Crippen molar-refractivity contribution in [2.45, 2.75) is 69.9 Å². The van der Waals surface area contributed by atoms with Crippen molar-refractivity contribution in [3.63, 3.8) is 0 Å². The van der Waals surface area contributed by atoms with E-state index in [-0.39, 0.29) is 11.5 Å². The molecule has 0 radical (unpaired) electrons. The van der Waals surface area contributed by atoms with Gasteiger partial charge in [-0.1, -0.05) is 5.16 Å². The predicted molar refractivity (Wildman–Crippen MR) is 104 cm³/mol. The van der Waals surface area contributed by atoms with Crippen molar-refractivity contribution in [3.8, 4) is 0 Å². The van der Waals surface area contributed by atoms with E-state index in [1.807, 2.05) is 17.9 Å². The normalized spacial score (nSPS) is 24.2. The maximum atomic E-state index is 12.9. The van der Waals surface area contributed by atoms with Gasteiger partial charge >= 0.3 is 0 Å². The fraction of sp³-hybridized carbons (Fsp3) is 0.714. The Morgan fingerprint density at radius 3 is 2.86 bits per heavy atom. The van der Waals surface area contributed by atoms with Crippen molar-refractivity contribution >= 4 is 5.91 Å². The fourth-order valence-electron chi connectivity index (χ4n) is 4.80. The number of aryl methyl sites for hydroxylation is 1. The molecule has 3 fully saturated rings. The van der Waals surface area contributed by atoms with Crippen LogP contribution < -0.4 is 0 Å². The molecule has 29 heavy (non-hydrogen) atoms. The number of carbonyl (C=O) groups is 1. The summed E-state index contributed by atoms with van der Waals surface area (Å²) in [5.74, 6) is 2.75. The van der Waals surface area contributed by atoms with Crippen LogP contribution in [0.25, 0.3) is 0 Å². The first-order valence-electron chi connectivity index (χ1n) is 10.9. The maximum absolute atomic E-state index is 12.9. The molecule has 5 rings (SSSR count). The third kappa shape index (κ3) is 3.82. The van der Waals surface area contributed by atoms with E-state index in [0.717, 1.165) is 63.5 Å². The molecule has 2 saturated heterocycles. The second-order valence-electron chi connectivity index (χ2n) is 8.74. The Hall–Kier alpha value is -2.22. The first-order valence-corrected chi connectivity index (χ1v) is 10.9. The Morgan fingerprint density at radius 2 is 2.10 bits per heavy atom. The first kappa shape index (κ1) is 18.8. The number of amides is 1. The minimum Gasteiger partial charge on any atom is -0.375 e. The van der Waals surface area contributed by atoms with Gasteiger partial charge in [0, 0.05) is 44.8 Å². The number of hydrogen-bond donors (Lipinski definition) is 0. The Morgan fingerprint density at radius 1 is 1.28 bits per heavy atom. The van der Waals surface area contributed by atoms with Gasteiger partial charge in [0.1, 0.15) is 5.69 Å². The average Bonchev–Trinajstić information content (AvgIpc) is 3.29. The number of rotatable bonds is 5. The van der Waals surface area contributed by atoms with Crippen LogP contribution in [-0.2, 0) is 17.7 Å². The molecule has 8 nitrogen and oxygen atoms in total. The van der Waals surface area contributed by atoms with Crippen LogP contribution in [0.15, 0.2) is 16.8 Å². The molecule has 1 amide bonds. The zero-order valence-electron chi connectivity index (χ0n) is 17.0. The molecule has 2 aromatic rings. The summed E-state index contributed by atoms with van der Waals surface area (Å²) in [5.41, 5.74) is 0.558. The number of aromatic nitrogens is 4. The topological polar surface area (TPSA) is 86.3 Å². The molecule has 8 heteroatoms. The molecule has 3 aliphatic rings. The van der Waals surface area contributed by atoms with Crippen molar-refractivity contribution < 1.29 is 14.1 Å². The van der Waals surface area contributed by atoms with E-state index in [1.165, 1.54) is 12.8 Å². The molecule has 0 aromatic carbocycles. The van der Waals surface area contributed by atoms with Gasteiger partial charge in [0.15, 0.2) is 5.82 Å². The minimum absolute atomic E-state index is 0.0750. The molecule has 0 N–H and O–H groups in total. The number of ether oxygens (including phenoxy) is 1. The third-order valence-electron chi connectivity index (χ3n) is 6.67. The van der Waals surface area contributed by atoms with Crippen molar-refractivity contribution in [1.29, 1.82) is 0 Å². The van der Waals surface area contributed by atoms with E-state index in [1.54, 1.807) is 10.9 Å². The highest BCUT2D eigenvalue weighted by molar-refractivity contribution is 5.92. The lowest BCUT2D eigenvalue weighted by Crippen LogP contribution is -2.51. The summed E-state index contributed by atoms with van der Waals surface area (Å²) in [4.78, 5) is 19.4. The molecular formula is C21H29N5O3.